The summed E-state index contributed by atoms with van der Waals surface area (Å²) in [5, 5.41) is 12.7. The summed E-state index contributed by atoms with van der Waals surface area (Å²) in [6, 6.07) is 9.13. The first-order chi connectivity index (χ1) is 12.6. The average molecular weight is 409 g/mol. The number of carboxylic acids is 1. The van der Waals surface area contributed by atoms with Gasteiger partial charge in [0.1, 0.15) is 22.9 Å². The van der Waals surface area contributed by atoms with Gasteiger partial charge in [-0.05, 0) is 49.0 Å². The fourth-order valence-corrected chi connectivity index (χ4v) is 5.75. The minimum absolute atomic E-state index is 0.130. The first-order valence-electron chi connectivity index (χ1n) is 8.04. The van der Waals surface area contributed by atoms with E-state index >= 15 is 0 Å². The maximum absolute atomic E-state index is 11.0. The van der Waals surface area contributed by atoms with Crippen LogP contribution in [0.15, 0.2) is 44.2 Å². The smallest absolute Gasteiger partial charge is 0.321 e. The zero-order valence-electron chi connectivity index (χ0n) is 13.8. The molecule has 3 aromatic rings. The topological polar surface area (TPSA) is 84.6 Å². The van der Waals surface area contributed by atoms with Gasteiger partial charge in [0.25, 0.3) is 0 Å². The van der Waals surface area contributed by atoms with Gasteiger partial charge in [0.2, 0.25) is 0 Å². The third kappa shape index (κ3) is 3.71. The Hall–Kier alpha value is -1.68. The van der Waals surface area contributed by atoms with Gasteiger partial charge in [0, 0.05) is 5.75 Å². The molecule has 0 saturated carbocycles. The van der Waals surface area contributed by atoms with Gasteiger partial charge >= 0.3 is 5.97 Å². The highest BCUT2D eigenvalue weighted by atomic mass is 32.2. The molecular weight excluding hydrogens is 392 g/mol. The Morgan fingerprint density at radius 1 is 1.46 bits per heavy atom. The van der Waals surface area contributed by atoms with E-state index in [0.717, 1.165) is 31.2 Å². The van der Waals surface area contributed by atoms with Crippen LogP contribution in [0.4, 0.5) is 0 Å². The lowest BCUT2D eigenvalue weighted by Gasteiger charge is -2.07. The van der Waals surface area contributed by atoms with E-state index in [1.54, 1.807) is 11.3 Å². The molecule has 2 N–H and O–H groups in total. The van der Waals surface area contributed by atoms with E-state index in [0.29, 0.717) is 12.4 Å². The van der Waals surface area contributed by atoms with Gasteiger partial charge in [-0.15, -0.1) is 23.1 Å². The highest BCUT2D eigenvalue weighted by molar-refractivity contribution is 8.01. The van der Waals surface area contributed by atoms with E-state index in [9.17, 15) is 4.79 Å². The summed E-state index contributed by atoms with van der Waals surface area (Å²) in [4.78, 5) is 15.7. The highest BCUT2D eigenvalue weighted by Gasteiger charge is 2.32. The first kappa shape index (κ1) is 17.7. The Kier molecular flexibility index (Phi) is 5.12. The van der Waals surface area contributed by atoms with E-state index in [4.69, 9.17) is 14.3 Å². The number of thiazole rings is 1. The van der Waals surface area contributed by atoms with Crippen LogP contribution in [0.25, 0.3) is 10.2 Å². The molecule has 4 rings (SSSR count). The van der Waals surface area contributed by atoms with Gasteiger partial charge in [-0.3, -0.25) is 10.1 Å². The molecule has 0 amide bonds. The summed E-state index contributed by atoms with van der Waals surface area (Å²) in [5.41, 5.74) is 0.935. The normalized spacial score (nSPS) is 19.9. The van der Waals surface area contributed by atoms with E-state index < -0.39 is 12.0 Å². The van der Waals surface area contributed by atoms with E-state index in [-0.39, 0.29) is 5.37 Å². The molecule has 2 aromatic heterocycles. The standard InChI is InChI=1S/C17H16N2O4S3/c1-2-22-9-3-4-10-13(7-9)25-17(19-10)26-14-6-5-12(23-14)15-18-11(8-24-15)16(20)21/h3-7,11,15,18H,2,8H2,1H3,(H,20,21)/t11-,15+/m0/s1. The van der Waals surface area contributed by atoms with Crippen LogP contribution in [0.2, 0.25) is 0 Å². The van der Waals surface area contributed by atoms with Crippen molar-refractivity contribution >= 4 is 51.0 Å². The van der Waals surface area contributed by atoms with Crippen molar-refractivity contribution in [3.05, 3.63) is 36.1 Å². The summed E-state index contributed by atoms with van der Waals surface area (Å²) in [6.07, 6.45) is 0. The minimum atomic E-state index is -0.831. The number of ether oxygens (including phenoxy) is 1. The van der Waals surface area contributed by atoms with Crippen molar-refractivity contribution in [2.75, 3.05) is 12.4 Å². The molecule has 1 aromatic carbocycles. The van der Waals surface area contributed by atoms with Crippen LogP contribution in [-0.4, -0.2) is 34.5 Å². The zero-order valence-corrected chi connectivity index (χ0v) is 16.2. The van der Waals surface area contributed by atoms with Crippen LogP contribution in [-0.2, 0) is 4.79 Å². The lowest BCUT2D eigenvalue weighted by atomic mass is 10.3. The fraction of sp³-hybridized carbons (Fsp3) is 0.294. The molecule has 1 aliphatic heterocycles. The predicted octanol–water partition coefficient (Wildman–Crippen LogP) is 4.23. The van der Waals surface area contributed by atoms with E-state index in [2.05, 4.69) is 10.3 Å². The molecule has 9 heteroatoms. The number of rotatable bonds is 6. The number of carboxylic acid groups (broad SMARTS) is 1. The van der Waals surface area contributed by atoms with Gasteiger partial charge in [0.15, 0.2) is 9.43 Å². The van der Waals surface area contributed by atoms with Crippen LogP contribution in [0.3, 0.4) is 0 Å². The maximum Gasteiger partial charge on any atom is 0.321 e. The third-order valence-electron chi connectivity index (χ3n) is 3.78. The number of benzene rings is 1. The number of fused-ring (bicyclic) bond motifs is 1. The second kappa shape index (κ2) is 7.51. The van der Waals surface area contributed by atoms with Crippen LogP contribution in [0.1, 0.15) is 18.1 Å². The Labute approximate surface area is 162 Å². The van der Waals surface area contributed by atoms with Crippen molar-refractivity contribution in [1.82, 2.24) is 10.3 Å². The molecule has 6 nitrogen and oxygen atoms in total. The summed E-state index contributed by atoms with van der Waals surface area (Å²) >= 11 is 4.60. The van der Waals surface area contributed by atoms with Crippen LogP contribution < -0.4 is 10.1 Å². The van der Waals surface area contributed by atoms with Gasteiger partial charge in [0.05, 0.1) is 16.8 Å². The van der Waals surface area contributed by atoms with Crippen molar-refractivity contribution in [3.63, 3.8) is 0 Å². The molecule has 2 atom stereocenters. The molecule has 0 bridgehead atoms. The van der Waals surface area contributed by atoms with Gasteiger partial charge < -0.3 is 14.3 Å². The quantitative estimate of drug-likeness (QED) is 0.627. The predicted molar refractivity (Wildman–Crippen MR) is 103 cm³/mol. The number of aromatic nitrogens is 1. The van der Waals surface area contributed by atoms with E-state index in [1.807, 2.05) is 37.3 Å². The number of furan rings is 1. The number of hydrogen-bond donors (Lipinski definition) is 2. The second-order valence-electron chi connectivity index (χ2n) is 5.57. The molecule has 0 aliphatic carbocycles. The fourth-order valence-electron chi connectivity index (χ4n) is 2.58. The summed E-state index contributed by atoms with van der Waals surface area (Å²) < 4.78 is 13.4. The molecule has 26 heavy (non-hydrogen) atoms. The Morgan fingerprint density at radius 2 is 2.35 bits per heavy atom. The van der Waals surface area contributed by atoms with Crippen LogP contribution >= 0.6 is 34.9 Å². The molecule has 136 valence electrons. The Bertz CT molecular complexity index is 939. The largest absolute Gasteiger partial charge is 0.494 e. The lowest BCUT2D eigenvalue weighted by molar-refractivity contribution is -0.138. The number of aliphatic carboxylic acids is 1. The van der Waals surface area contributed by atoms with Gasteiger partial charge in [-0.2, -0.15) is 0 Å². The summed E-state index contributed by atoms with van der Waals surface area (Å²) in [5.74, 6) is 1.28. The van der Waals surface area contributed by atoms with Crippen LogP contribution in [0, 0.1) is 0 Å². The van der Waals surface area contributed by atoms with Crippen molar-refractivity contribution in [1.29, 1.82) is 0 Å². The van der Waals surface area contributed by atoms with Gasteiger partial charge in [-0.1, -0.05) is 0 Å². The molecule has 0 spiro atoms. The second-order valence-corrected chi connectivity index (χ2v) is 8.99. The lowest BCUT2D eigenvalue weighted by Crippen LogP contribution is -2.33. The Morgan fingerprint density at radius 3 is 3.12 bits per heavy atom. The zero-order chi connectivity index (χ0) is 18.1. The number of nitrogens with zero attached hydrogens (tertiary/aromatic N) is 1. The molecule has 0 unspecified atom stereocenters. The van der Waals surface area contributed by atoms with Crippen molar-refractivity contribution in [3.8, 4) is 5.75 Å². The van der Waals surface area contributed by atoms with E-state index in [1.165, 1.54) is 23.5 Å². The third-order valence-corrected chi connectivity index (χ3v) is 7.01. The number of thioether (sulfide) groups is 1. The van der Waals surface area contributed by atoms with Crippen molar-refractivity contribution < 1.29 is 19.1 Å². The SMILES string of the molecule is CCOc1ccc2nc(Sc3ccc([C@@H]4N[C@H](C(=O)O)CS4)o3)sc2c1. The average Bonchev–Trinajstić information content (AvgIpc) is 3.33. The highest BCUT2D eigenvalue weighted by Crippen LogP contribution is 2.39. The maximum atomic E-state index is 11.0. The monoisotopic (exact) mass is 408 g/mol. The molecule has 0 radical (unpaired) electrons. The summed E-state index contributed by atoms with van der Waals surface area (Å²) in [6.45, 7) is 2.60. The molecular formula is C17H16N2O4S3. The van der Waals surface area contributed by atoms with Crippen molar-refractivity contribution in [2.24, 2.45) is 0 Å². The molecule has 3 heterocycles. The Balaban J connectivity index is 1.47. The molecule has 1 saturated heterocycles. The minimum Gasteiger partial charge on any atom is -0.494 e. The summed E-state index contributed by atoms with van der Waals surface area (Å²) in [7, 11) is 0. The number of hydrogen-bond acceptors (Lipinski definition) is 8. The van der Waals surface area contributed by atoms with Gasteiger partial charge in [-0.25, -0.2) is 4.98 Å². The number of nitrogens with one attached hydrogen (secondary N) is 1. The number of carbonyl (C=O) groups is 1. The van der Waals surface area contributed by atoms with Crippen molar-refractivity contribution in [2.45, 2.75) is 27.8 Å². The molecule has 1 aliphatic rings. The first-order valence-corrected chi connectivity index (χ1v) is 10.7. The molecule has 1 fully saturated rings. The van der Waals surface area contributed by atoms with Crippen LogP contribution in [0.5, 0.6) is 5.75 Å².